The van der Waals surface area contributed by atoms with Gasteiger partial charge < -0.3 is 10.2 Å². The van der Waals surface area contributed by atoms with Gasteiger partial charge in [0.05, 0.1) is 0 Å². The van der Waals surface area contributed by atoms with Crippen LogP contribution < -0.4 is 0 Å². The average molecular weight is 268 g/mol. The molecule has 0 aliphatic carbocycles. The van der Waals surface area contributed by atoms with Crippen LogP contribution in [0.3, 0.4) is 0 Å². The van der Waals surface area contributed by atoms with Crippen molar-refractivity contribution in [3.63, 3.8) is 0 Å². The maximum Gasteiger partial charge on any atom is 0.354 e. The van der Waals surface area contributed by atoms with Gasteiger partial charge in [0.25, 0.3) is 0 Å². The molecule has 2 N–H and O–H groups in total. The molecule has 20 heavy (non-hydrogen) atoms. The molecule has 0 fully saturated rings. The van der Waals surface area contributed by atoms with Crippen LogP contribution in [0.2, 0.25) is 0 Å². The van der Waals surface area contributed by atoms with E-state index in [4.69, 9.17) is 10.2 Å². The molecule has 0 amide bonds. The summed E-state index contributed by atoms with van der Waals surface area (Å²) < 4.78 is 0. The summed E-state index contributed by atoms with van der Waals surface area (Å²) in [4.78, 5) is 27.4. The number of carboxylic acids is 2. The lowest BCUT2D eigenvalue weighted by molar-refractivity contribution is 0.0680. The summed E-state index contributed by atoms with van der Waals surface area (Å²) in [5, 5.41) is 16.6. The molecule has 0 saturated carbocycles. The fourth-order valence-corrected chi connectivity index (χ4v) is 0.979. The van der Waals surface area contributed by atoms with Gasteiger partial charge in [-0.15, -0.1) is 0 Å². The molecule has 2 aromatic rings. The second kappa shape index (κ2) is 10.3. The summed E-state index contributed by atoms with van der Waals surface area (Å²) in [6, 6.07) is 9.51. The lowest BCUT2D eigenvalue weighted by Gasteiger charge is -1.87. The van der Waals surface area contributed by atoms with Gasteiger partial charge in [0.2, 0.25) is 0 Å². The Morgan fingerprint density at radius 2 is 1.10 bits per heavy atom. The van der Waals surface area contributed by atoms with E-state index in [0.717, 1.165) is 0 Å². The van der Waals surface area contributed by atoms with Crippen LogP contribution in [0, 0.1) is 0 Å². The third-order valence-corrected chi connectivity index (χ3v) is 1.77. The molecule has 0 unspecified atom stereocenters. The number of carboxylic acid groups (broad SMARTS) is 2. The average Bonchev–Trinajstić information content (AvgIpc) is 2.41. The van der Waals surface area contributed by atoms with Crippen LogP contribution in [0.1, 0.15) is 21.0 Å². The van der Waals surface area contributed by atoms with Gasteiger partial charge in [0, 0.05) is 29.2 Å². The van der Waals surface area contributed by atoms with Crippen LogP contribution in [0.4, 0.5) is 0 Å². The molecule has 2 rings (SSSR count). The number of rotatable bonds is 2. The Labute approximate surface area is 119 Å². The number of hydrogen-bond acceptors (Lipinski definition) is 4. The lowest BCUT2D eigenvalue weighted by Crippen LogP contribution is -1.97. The smallest absolute Gasteiger partial charge is 0.354 e. The van der Waals surface area contributed by atoms with E-state index in [2.05, 4.69) is 9.97 Å². The maximum absolute atomic E-state index is 10.1. The molecule has 0 saturated heterocycles. The van der Waals surface area contributed by atoms with Crippen LogP contribution in [0.5, 0.6) is 0 Å². The van der Waals surface area contributed by atoms with Gasteiger partial charge in [0.15, 0.2) is 0 Å². The fraction of sp³-hybridized carbons (Fsp3) is 0. The largest absolute Gasteiger partial charge is 0.477 e. The molecule has 0 aromatic carbocycles. The summed E-state index contributed by atoms with van der Waals surface area (Å²) >= 11 is 0. The molecule has 98 valence electrons. The first-order valence-corrected chi connectivity index (χ1v) is 4.90. The highest BCUT2D eigenvalue weighted by Crippen LogP contribution is 1.91. The number of carbonyl (C=O) groups is 2. The van der Waals surface area contributed by atoms with E-state index in [0.29, 0.717) is 0 Å². The van der Waals surface area contributed by atoms with Crippen molar-refractivity contribution in [2.75, 3.05) is 0 Å². The molecule has 8 heteroatoms. The highest BCUT2D eigenvalue weighted by atomic mass is 16.4. The molecule has 6 nitrogen and oxygen atoms in total. The van der Waals surface area contributed by atoms with E-state index in [1.165, 1.54) is 24.5 Å². The molecule has 2 heterocycles. The van der Waals surface area contributed by atoms with Crippen LogP contribution in [0.25, 0.3) is 0 Å². The van der Waals surface area contributed by atoms with E-state index in [9.17, 15) is 9.59 Å². The van der Waals surface area contributed by atoms with Gasteiger partial charge in [-0.05, 0) is 24.3 Å². The van der Waals surface area contributed by atoms with Gasteiger partial charge in [-0.3, -0.25) is 0 Å². The predicted molar refractivity (Wildman–Crippen MR) is 73.9 cm³/mol. The van der Waals surface area contributed by atoms with Gasteiger partial charge in [0.1, 0.15) is 11.4 Å². The molecule has 0 atom stereocenters. The Morgan fingerprint density at radius 3 is 1.25 bits per heavy atom. The second-order valence-electron chi connectivity index (χ2n) is 3.04. The molecule has 0 aliphatic rings. The van der Waals surface area contributed by atoms with Gasteiger partial charge in [-0.1, -0.05) is 12.1 Å². The van der Waals surface area contributed by atoms with Crippen LogP contribution in [-0.4, -0.2) is 48.9 Å². The Kier molecular flexibility index (Phi) is 10.2. The standard InChI is InChI=1S/2C6H5NO2.2B/c2*8-6(9)5-3-1-2-4-7-5;;/h2*1-4H,(H,8,9);;. The minimum absolute atomic E-state index is 0. The molecule has 2 aromatic heterocycles. The molecular formula is C12H10B2N2O4. The van der Waals surface area contributed by atoms with Crippen molar-refractivity contribution in [1.29, 1.82) is 0 Å². The zero-order valence-corrected chi connectivity index (χ0v) is 10.4. The van der Waals surface area contributed by atoms with Gasteiger partial charge in [-0.25, -0.2) is 19.6 Å². The first-order chi connectivity index (χ1) is 8.61. The zero-order valence-electron chi connectivity index (χ0n) is 10.4. The first-order valence-electron chi connectivity index (χ1n) is 4.90. The topological polar surface area (TPSA) is 100 Å². The van der Waals surface area contributed by atoms with Crippen LogP contribution in [0.15, 0.2) is 48.8 Å². The van der Waals surface area contributed by atoms with Crippen molar-refractivity contribution in [2.24, 2.45) is 0 Å². The van der Waals surface area contributed by atoms with Crippen LogP contribution >= 0.6 is 0 Å². The number of nitrogens with zero attached hydrogens (tertiary/aromatic N) is 2. The van der Waals surface area contributed by atoms with Crippen molar-refractivity contribution < 1.29 is 19.8 Å². The molecule has 0 spiro atoms. The summed E-state index contributed by atoms with van der Waals surface area (Å²) in [7, 11) is 0. The monoisotopic (exact) mass is 268 g/mol. The minimum atomic E-state index is -0.990. The number of hydrogen-bond donors (Lipinski definition) is 2. The molecule has 0 aliphatic heterocycles. The van der Waals surface area contributed by atoms with Crippen molar-refractivity contribution in [2.45, 2.75) is 0 Å². The van der Waals surface area contributed by atoms with Crippen molar-refractivity contribution in [3.05, 3.63) is 60.2 Å². The molecule has 6 radical (unpaired) electrons. The summed E-state index contributed by atoms with van der Waals surface area (Å²) in [6.45, 7) is 0. The Bertz CT molecular complexity index is 474. The fourth-order valence-electron chi connectivity index (χ4n) is 0.979. The summed E-state index contributed by atoms with van der Waals surface area (Å²) in [5.74, 6) is -1.98. The highest BCUT2D eigenvalue weighted by Gasteiger charge is 1.99. The Hall–Kier alpha value is -2.63. The summed E-state index contributed by atoms with van der Waals surface area (Å²) in [5.41, 5.74) is 0.162. The third kappa shape index (κ3) is 6.95. The van der Waals surface area contributed by atoms with Gasteiger partial charge >= 0.3 is 11.9 Å². The van der Waals surface area contributed by atoms with Crippen molar-refractivity contribution in [1.82, 2.24) is 9.97 Å². The number of pyridine rings is 2. The lowest BCUT2D eigenvalue weighted by atomic mass is 10.4. The van der Waals surface area contributed by atoms with E-state index in [-0.39, 0.29) is 28.2 Å². The van der Waals surface area contributed by atoms with Gasteiger partial charge in [-0.2, -0.15) is 0 Å². The van der Waals surface area contributed by atoms with E-state index in [1.807, 2.05) is 0 Å². The first kappa shape index (κ1) is 19.7. The van der Waals surface area contributed by atoms with Crippen LogP contribution in [-0.2, 0) is 0 Å². The van der Waals surface area contributed by atoms with E-state index < -0.39 is 11.9 Å². The molecule has 0 bridgehead atoms. The number of aromatic carboxylic acids is 2. The summed E-state index contributed by atoms with van der Waals surface area (Å²) in [6.07, 6.45) is 2.90. The third-order valence-electron chi connectivity index (χ3n) is 1.77. The quantitative estimate of drug-likeness (QED) is 0.781. The SMILES string of the molecule is O=C(O)c1ccccn1.O=C(O)c1ccccn1.[B].[B]. The second-order valence-corrected chi connectivity index (χ2v) is 3.04. The van der Waals surface area contributed by atoms with Crippen molar-refractivity contribution in [3.8, 4) is 0 Å². The molecular weight excluding hydrogens is 258 g/mol. The normalized spacial score (nSPS) is 8.00. The van der Waals surface area contributed by atoms with E-state index in [1.54, 1.807) is 24.3 Å². The Morgan fingerprint density at radius 1 is 0.750 bits per heavy atom. The highest BCUT2D eigenvalue weighted by molar-refractivity contribution is 5.85. The van der Waals surface area contributed by atoms with Crippen molar-refractivity contribution >= 4 is 28.8 Å². The zero-order chi connectivity index (χ0) is 13.4. The van der Waals surface area contributed by atoms with E-state index >= 15 is 0 Å². The maximum atomic E-state index is 10.1. The predicted octanol–water partition coefficient (Wildman–Crippen LogP) is 0.798. The Balaban J connectivity index is 0. The number of aromatic nitrogens is 2. The minimum Gasteiger partial charge on any atom is -0.477 e.